The van der Waals surface area contributed by atoms with E-state index < -0.39 is 4.92 Å². The second-order valence-corrected chi connectivity index (χ2v) is 4.99. The lowest BCUT2D eigenvalue weighted by Crippen LogP contribution is -2.21. The van der Waals surface area contributed by atoms with Gasteiger partial charge in [-0.25, -0.2) is 0 Å². The number of azide groups is 1. The number of anilines is 3. The molecule has 0 bridgehead atoms. The molecule has 0 amide bonds. The van der Waals surface area contributed by atoms with Crippen LogP contribution in [0.2, 0.25) is 0 Å². The second kappa shape index (κ2) is 7.85. The average Bonchev–Trinajstić information content (AvgIpc) is 2.59. The molecule has 0 saturated carbocycles. The monoisotopic (exact) mass is 326 g/mol. The van der Waals surface area contributed by atoms with Crippen LogP contribution in [0.4, 0.5) is 28.4 Å². The third-order valence-electron chi connectivity index (χ3n) is 3.61. The Kier molecular flexibility index (Phi) is 5.59. The Balaban J connectivity index is 2.27. The molecule has 2 rings (SSSR count). The molecule has 2 aromatic carbocycles. The highest BCUT2D eigenvalue weighted by molar-refractivity contribution is 5.73. The van der Waals surface area contributed by atoms with Gasteiger partial charge in [0.1, 0.15) is 5.69 Å². The smallest absolute Gasteiger partial charge is 0.293 e. The van der Waals surface area contributed by atoms with E-state index in [1.807, 2.05) is 24.3 Å². The largest absolute Gasteiger partial charge is 0.372 e. The van der Waals surface area contributed by atoms with Gasteiger partial charge in [0.15, 0.2) is 0 Å². The molecule has 0 fully saturated rings. The Morgan fingerprint density at radius 2 is 1.88 bits per heavy atom. The van der Waals surface area contributed by atoms with E-state index in [1.54, 1.807) is 0 Å². The van der Waals surface area contributed by atoms with Crippen LogP contribution in [-0.4, -0.2) is 18.0 Å². The molecule has 0 aliphatic heterocycles. The average molecular weight is 326 g/mol. The lowest BCUT2D eigenvalue weighted by molar-refractivity contribution is -0.383. The molecule has 0 unspecified atom stereocenters. The Labute approximate surface area is 139 Å². The fourth-order valence-electron chi connectivity index (χ4n) is 2.39. The van der Waals surface area contributed by atoms with Crippen LogP contribution in [0.1, 0.15) is 13.8 Å². The van der Waals surface area contributed by atoms with E-state index in [-0.39, 0.29) is 11.4 Å². The van der Waals surface area contributed by atoms with Gasteiger partial charge in [0.2, 0.25) is 0 Å². The summed E-state index contributed by atoms with van der Waals surface area (Å²) >= 11 is 0. The van der Waals surface area contributed by atoms with Gasteiger partial charge in [-0.3, -0.25) is 10.1 Å². The normalized spacial score (nSPS) is 9.92. The summed E-state index contributed by atoms with van der Waals surface area (Å²) in [6, 6.07) is 12.0. The van der Waals surface area contributed by atoms with Gasteiger partial charge in [0, 0.05) is 41.1 Å². The molecule has 8 heteroatoms. The Morgan fingerprint density at radius 1 is 1.21 bits per heavy atom. The minimum atomic E-state index is -0.511. The number of benzene rings is 2. The highest BCUT2D eigenvalue weighted by Crippen LogP contribution is 2.32. The molecule has 0 atom stereocenters. The van der Waals surface area contributed by atoms with Crippen molar-refractivity contribution >= 4 is 28.4 Å². The summed E-state index contributed by atoms with van der Waals surface area (Å²) in [6.45, 7) is 6.00. The fourth-order valence-corrected chi connectivity index (χ4v) is 2.39. The quantitative estimate of drug-likeness (QED) is 0.250. The van der Waals surface area contributed by atoms with Crippen molar-refractivity contribution in [1.82, 2.24) is 0 Å². The standard InChI is InChI=1S/C16H18N6O2/c1-3-21(4-2)14-8-5-12(6-9-14)18-15-10-7-13(19-20-17)11-16(15)22(23)24/h5-11,18H,3-4H2,1-2H3. The molecule has 124 valence electrons. The first-order chi connectivity index (χ1) is 11.6. The summed E-state index contributed by atoms with van der Waals surface area (Å²) in [5, 5.41) is 17.6. The van der Waals surface area contributed by atoms with Gasteiger partial charge in [-0.15, -0.1) is 0 Å². The van der Waals surface area contributed by atoms with Crippen LogP contribution in [0.25, 0.3) is 10.4 Å². The maximum absolute atomic E-state index is 11.2. The maximum atomic E-state index is 11.2. The van der Waals surface area contributed by atoms with Gasteiger partial charge in [0.05, 0.1) is 4.92 Å². The second-order valence-electron chi connectivity index (χ2n) is 4.99. The van der Waals surface area contributed by atoms with Crippen molar-refractivity contribution in [1.29, 1.82) is 0 Å². The summed E-state index contributed by atoms with van der Waals surface area (Å²) in [5.41, 5.74) is 10.7. The van der Waals surface area contributed by atoms with Crippen molar-refractivity contribution in [3.63, 3.8) is 0 Å². The number of hydrogen-bond acceptors (Lipinski definition) is 5. The predicted molar refractivity (Wildman–Crippen MR) is 95.2 cm³/mol. The summed E-state index contributed by atoms with van der Waals surface area (Å²) in [7, 11) is 0. The van der Waals surface area contributed by atoms with Crippen molar-refractivity contribution in [3.8, 4) is 0 Å². The Morgan fingerprint density at radius 3 is 2.42 bits per heavy atom. The van der Waals surface area contributed by atoms with E-state index in [1.165, 1.54) is 18.2 Å². The van der Waals surface area contributed by atoms with Crippen LogP contribution in [-0.2, 0) is 0 Å². The summed E-state index contributed by atoms with van der Waals surface area (Å²) < 4.78 is 0. The molecule has 24 heavy (non-hydrogen) atoms. The first kappa shape index (κ1) is 17.1. The summed E-state index contributed by atoms with van der Waals surface area (Å²) in [6.07, 6.45) is 0. The molecule has 2 aromatic rings. The predicted octanol–water partition coefficient (Wildman–Crippen LogP) is 5.13. The minimum Gasteiger partial charge on any atom is -0.372 e. The molecule has 0 aliphatic carbocycles. The summed E-state index contributed by atoms with van der Waals surface area (Å²) in [4.78, 5) is 15.6. The van der Waals surface area contributed by atoms with Crippen LogP contribution in [0.5, 0.6) is 0 Å². The lowest BCUT2D eigenvalue weighted by atomic mass is 10.2. The van der Waals surface area contributed by atoms with E-state index >= 15 is 0 Å². The molecule has 0 aromatic heterocycles. The zero-order chi connectivity index (χ0) is 17.5. The van der Waals surface area contributed by atoms with Gasteiger partial charge in [0.25, 0.3) is 5.69 Å². The molecule has 0 spiro atoms. The number of nitro groups is 1. The van der Waals surface area contributed by atoms with Crippen LogP contribution in [0, 0.1) is 10.1 Å². The van der Waals surface area contributed by atoms with Crippen LogP contribution in [0.15, 0.2) is 47.6 Å². The van der Waals surface area contributed by atoms with Crippen molar-refractivity contribution < 1.29 is 4.92 Å². The number of nitrogens with one attached hydrogen (secondary N) is 1. The van der Waals surface area contributed by atoms with Crippen LogP contribution >= 0.6 is 0 Å². The van der Waals surface area contributed by atoms with Crippen molar-refractivity contribution in [2.24, 2.45) is 5.11 Å². The van der Waals surface area contributed by atoms with Gasteiger partial charge in [-0.1, -0.05) is 11.2 Å². The molecular formula is C16H18N6O2. The third kappa shape index (κ3) is 3.93. The van der Waals surface area contributed by atoms with Gasteiger partial charge in [-0.05, 0) is 49.7 Å². The molecular weight excluding hydrogens is 308 g/mol. The van der Waals surface area contributed by atoms with E-state index in [0.717, 1.165) is 24.5 Å². The Hall–Kier alpha value is -3.25. The van der Waals surface area contributed by atoms with E-state index in [0.29, 0.717) is 5.69 Å². The third-order valence-corrected chi connectivity index (χ3v) is 3.61. The highest BCUT2D eigenvalue weighted by Gasteiger charge is 2.14. The number of nitrogens with zero attached hydrogens (tertiary/aromatic N) is 5. The van der Waals surface area contributed by atoms with Crippen LogP contribution < -0.4 is 10.2 Å². The van der Waals surface area contributed by atoms with Gasteiger partial charge in [-0.2, -0.15) is 0 Å². The first-order valence-electron chi connectivity index (χ1n) is 7.54. The van der Waals surface area contributed by atoms with Gasteiger partial charge < -0.3 is 10.2 Å². The van der Waals surface area contributed by atoms with E-state index in [2.05, 4.69) is 34.1 Å². The number of hydrogen-bond donors (Lipinski definition) is 1. The SMILES string of the molecule is CCN(CC)c1ccc(Nc2ccc(N=[N+]=[N-])cc2[N+](=O)[O-])cc1. The fraction of sp³-hybridized carbons (Fsp3) is 0.250. The zero-order valence-electron chi connectivity index (χ0n) is 13.5. The topological polar surface area (TPSA) is 107 Å². The number of rotatable bonds is 7. The van der Waals surface area contributed by atoms with E-state index in [9.17, 15) is 10.1 Å². The zero-order valence-corrected chi connectivity index (χ0v) is 13.5. The van der Waals surface area contributed by atoms with E-state index in [4.69, 9.17) is 5.53 Å². The highest BCUT2D eigenvalue weighted by atomic mass is 16.6. The molecule has 8 nitrogen and oxygen atoms in total. The van der Waals surface area contributed by atoms with Crippen LogP contribution in [0.3, 0.4) is 0 Å². The van der Waals surface area contributed by atoms with Crippen molar-refractivity contribution in [3.05, 3.63) is 63.0 Å². The molecule has 0 aliphatic rings. The number of nitro benzene ring substituents is 1. The van der Waals surface area contributed by atoms with Gasteiger partial charge >= 0.3 is 0 Å². The van der Waals surface area contributed by atoms with Crippen molar-refractivity contribution in [2.45, 2.75) is 13.8 Å². The van der Waals surface area contributed by atoms with Crippen molar-refractivity contribution in [2.75, 3.05) is 23.3 Å². The molecule has 0 heterocycles. The lowest BCUT2D eigenvalue weighted by Gasteiger charge is -2.21. The molecule has 0 saturated heterocycles. The molecule has 1 N–H and O–H groups in total. The summed E-state index contributed by atoms with van der Waals surface area (Å²) in [5.74, 6) is 0. The molecule has 0 radical (unpaired) electrons. The minimum absolute atomic E-state index is 0.146. The maximum Gasteiger partial charge on any atom is 0.293 e. The Bertz CT molecular complexity index is 765. The first-order valence-corrected chi connectivity index (χ1v) is 7.54.